The first-order valence-corrected chi connectivity index (χ1v) is 7.27. The summed E-state index contributed by atoms with van der Waals surface area (Å²) < 4.78 is 24.2. The van der Waals surface area contributed by atoms with Gasteiger partial charge < -0.3 is 11.2 Å². The molecule has 0 saturated heterocycles. The Morgan fingerprint density at radius 1 is 1.28 bits per heavy atom. The van der Waals surface area contributed by atoms with E-state index in [9.17, 15) is 8.42 Å². The first kappa shape index (κ1) is 14.9. The van der Waals surface area contributed by atoms with Crippen LogP contribution in [0.5, 0.6) is 0 Å². The molecule has 0 saturated carbocycles. The summed E-state index contributed by atoms with van der Waals surface area (Å²) in [5.74, 6) is 5.12. The lowest BCUT2D eigenvalue weighted by Crippen LogP contribution is -2.42. The summed E-state index contributed by atoms with van der Waals surface area (Å²) >= 11 is 0. The van der Waals surface area contributed by atoms with Gasteiger partial charge in [0, 0.05) is 5.69 Å². The predicted octanol–water partition coefficient (Wildman–Crippen LogP) is 1.12. The van der Waals surface area contributed by atoms with E-state index in [1.807, 2.05) is 6.92 Å². The number of nitrogens with two attached hydrogens (primary N) is 2. The highest BCUT2D eigenvalue weighted by molar-refractivity contribution is 7.92. The van der Waals surface area contributed by atoms with Gasteiger partial charge in [-0.05, 0) is 50.6 Å². The van der Waals surface area contributed by atoms with Gasteiger partial charge in [-0.1, -0.05) is 6.92 Å². The molecular weight excluding hydrogens is 250 g/mol. The van der Waals surface area contributed by atoms with E-state index in [-0.39, 0.29) is 10.8 Å². The van der Waals surface area contributed by atoms with Gasteiger partial charge in [0.15, 0.2) is 9.84 Å². The second kappa shape index (κ2) is 5.26. The van der Waals surface area contributed by atoms with Gasteiger partial charge in [-0.2, -0.15) is 0 Å². The van der Waals surface area contributed by atoms with Crippen LogP contribution in [0.25, 0.3) is 0 Å². The van der Waals surface area contributed by atoms with E-state index in [1.165, 1.54) is 0 Å². The molecule has 0 heterocycles. The van der Waals surface area contributed by atoms with E-state index in [0.717, 1.165) is 0 Å². The fraction of sp³-hybridized carbons (Fsp3) is 0.500. The molecule has 0 aliphatic carbocycles. The molecule has 0 aliphatic heterocycles. The second-order valence-corrected chi connectivity index (χ2v) is 7.44. The van der Waals surface area contributed by atoms with Crippen molar-refractivity contribution in [3.8, 4) is 0 Å². The Morgan fingerprint density at radius 2 is 1.78 bits per heavy atom. The Kier molecular flexibility index (Phi) is 4.37. The molecule has 0 fully saturated rings. The number of hydrazine groups is 1. The summed E-state index contributed by atoms with van der Waals surface area (Å²) in [6.45, 7) is 5.58. The number of nitrogen functional groups attached to an aromatic ring is 1. The molecule has 5 N–H and O–H groups in total. The minimum absolute atomic E-state index is 0.130. The van der Waals surface area contributed by atoms with Crippen molar-refractivity contribution < 1.29 is 8.42 Å². The number of rotatable bonds is 5. The first-order chi connectivity index (χ1) is 8.27. The maximum Gasteiger partial charge on any atom is 0.183 e. The van der Waals surface area contributed by atoms with Crippen LogP contribution < -0.4 is 17.0 Å². The van der Waals surface area contributed by atoms with Crippen LogP contribution in [0.2, 0.25) is 0 Å². The molecular formula is C12H21N3O2S. The molecule has 5 nitrogen and oxygen atoms in total. The molecule has 0 spiro atoms. The molecule has 18 heavy (non-hydrogen) atoms. The molecule has 0 aromatic heterocycles. The van der Waals surface area contributed by atoms with Crippen molar-refractivity contribution in [1.82, 2.24) is 0 Å². The fourth-order valence-corrected chi connectivity index (χ4v) is 3.31. The van der Waals surface area contributed by atoms with Gasteiger partial charge in [0.25, 0.3) is 0 Å². The largest absolute Gasteiger partial charge is 0.330 e. The summed E-state index contributed by atoms with van der Waals surface area (Å²) in [5.41, 5.74) is 8.72. The average molecular weight is 271 g/mol. The van der Waals surface area contributed by atoms with Crippen molar-refractivity contribution in [3.63, 3.8) is 0 Å². The lowest BCUT2D eigenvalue weighted by Gasteiger charge is -2.30. The molecule has 1 rings (SSSR count). The number of hydrogen-bond acceptors (Lipinski definition) is 5. The highest BCUT2D eigenvalue weighted by Gasteiger charge is 2.39. The first-order valence-electron chi connectivity index (χ1n) is 5.78. The van der Waals surface area contributed by atoms with Crippen LogP contribution in [0.4, 0.5) is 5.69 Å². The molecule has 1 aromatic rings. The van der Waals surface area contributed by atoms with E-state index in [4.69, 9.17) is 11.6 Å². The quantitative estimate of drug-likeness (QED) is 0.550. The standard InChI is InChI=1S/C12H21N3O2S/c1-9(8-13)12(2,3)18(16,17)11-6-4-10(15-14)5-7-11/h4-7,9,15H,8,13-14H2,1-3H3. The van der Waals surface area contributed by atoms with Crippen LogP contribution in [-0.4, -0.2) is 19.7 Å². The van der Waals surface area contributed by atoms with Crippen LogP contribution >= 0.6 is 0 Å². The van der Waals surface area contributed by atoms with Gasteiger partial charge in [0.2, 0.25) is 0 Å². The molecule has 0 amide bonds. The number of anilines is 1. The zero-order chi connectivity index (χ0) is 14.0. The molecule has 1 atom stereocenters. The van der Waals surface area contributed by atoms with E-state index < -0.39 is 14.6 Å². The highest BCUT2D eigenvalue weighted by Crippen LogP contribution is 2.32. The third-order valence-corrected chi connectivity index (χ3v) is 6.24. The van der Waals surface area contributed by atoms with Crippen LogP contribution in [0.15, 0.2) is 29.2 Å². The van der Waals surface area contributed by atoms with Gasteiger partial charge in [-0.3, -0.25) is 5.84 Å². The zero-order valence-corrected chi connectivity index (χ0v) is 11.8. The molecule has 0 aliphatic rings. The van der Waals surface area contributed by atoms with Gasteiger partial charge in [0.05, 0.1) is 9.64 Å². The summed E-state index contributed by atoms with van der Waals surface area (Å²) in [7, 11) is -3.42. The third kappa shape index (κ3) is 2.50. The fourth-order valence-electron chi connectivity index (χ4n) is 1.58. The molecule has 6 heteroatoms. The van der Waals surface area contributed by atoms with Crippen molar-refractivity contribution in [1.29, 1.82) is 0 Å². The van der Waals surface area contributed by atoms with Crippen LogP contribution in [0.3, 0.4) is 0 Å². The van der Waals surface area contributed by atoms with Crippen molar-refractivity contribution in [3.05, 3.63) is 24.3 Å². The Labute approximate surface area is 108 Å². The molecule has 0 radical (unpaired) electrons. The Balaban J connectivity index is 3.20. The molecule has 0 bridgehead atoms. The van der Waals surface area contributed by atoms with Gasteiger partial charge in [-0.25, -0.2) is 8.42 Å². The number of sulfone groups is 1. The summed E-state index contributed by atoms with van der Waals surface area (Å²) in [6, 6.07) is 6.37. The predicted molar refractivity (Wildman–Crippen MR) is 73.7 cm³/mol. The van der Waals surface area contributed by atoms with E-state index >= 15 is 0 Å². The summed E-state index contributed by atoms with van der Waals surface area (Å²) in [6.07, 6.45) is 0. The maximum atomic E-state index is 12.5. The van der Waals surface area contributed by atoms with Crippen LogP contribution in [0, 0.1) is 5.92 Å². The van der Waals surface area contributed by atoms with E-state index in [2.05, 4.69) is 5.43 Å². The topological polar surface area (TPSA) is 98.2 Å². The minimum atomic E-state index is -3.42. The maximum absolute atomic E-state index is 12.5. The van der Waals surface area contributed by atoms with Crippen molar-refractivity contribution >= 4 is 15.5 Å². The molecule has 1 unspecified atom stereocenters. The van der Waals surface area contributed by atoms with Crippen molar-refractivity contribution in [2.24, 2.45) is 17.5 Å². The van der Waals surface area contributed by atoms with Gasteiger partial charge in [-0.15, -0.1) is 0 Å². The number of benzene rings is 1. The van der Waals surface area contributed by atoms with E-state index in [1.54, 1.807) is 38.1 Å². The SMILES string of the molecule is CC(CN)C(C)(C)S(=O)(=O)c1ccc(NN)cc1. The van der Waals surface area contributed by atoms with Gasteiger partial charge in [0.1, 0.15) is 0 Å². The Morgan fingerprint density at radius 3 is 2.17 bits per heavy atom. The number of nitrogens with one attached hydrogen (secondary N) is 1. The number of hydrogen-bond donors (Lipinski definition) is 3. The normalized spacial score (nSPS) is 14.3. The minimum Gasteiger partial charge on any atom is -0.330 e. The zero-order valence-electron chi connectivity index (χ0n) is 11.0. The van der Waals surface area contributed by atoms with Crippen molar-refractivity contribution in [2.45, 2.75) is 30.4 Å². The van der Waals surface area contributed by atoms with Crippen molar-refractivity contribution in [2.75, 3.05) is 12.0 Å². The monoisotopic (exact) mass is 271 g/mol. The molecule has 102 valence electrons. The summed E-state index contributed by atoms with van der Waals surface area (Å²) in [5, 5.41) is 0. The Bertz CT molecular complexity index is 495. The second-order valence-electron chi connectivity index (χ2n) is 4.91. The lowest BCUT2D eigenvalue weighted by molar-refractivity contribution is 0.432. The average Bonchev–Trinajstić information content (AvgIpc) is 2.37. The van der Waals surface area contributed by atoms with Crippen LogP contribution in [0.1, 0.15) is 20.8 Å². The van der Waals surface area contributed by atoms with Gasteiger partial charge >= 0.3 is 0 Å². The van der Waals surface area contributed by atoms with Crippen LogP contribution in [-0.2, 0) is 9.84 Å². The smallest absolute Gasteiger partial charge is 0.183 e. The molecule has 1 aromatic carbocycles. The lowest BCUT2D eigenvalue weighted by atomic mass is 9.97. The summed E-state index contributed by atoms with van der Waals surface area (Å²) in [4.78, 5) is 0.284. The van der Waals surface area contributed by atoms with E-state index in [0.29, 0.717) is 12.2 Å². The third-order valence-electron chi connectivity index (χ3n) is 3.56. The Hall–Kier alpha value is -1.11. The highest BCUT2D eigenvalue weighted by atomic mass is 32.2.